The van der Waals surface area contributed by atoms with Crippen molar-refractivity contribution in [2.75, 3.05) is 6.61 Å². The number of benzene rings is 1. The molecule has 2 rings (SSSR count). The molecule has 1 aromatic carbocycles. The number of rotatable bonds is 5. The molecular weight excluding hydrogens is 331 g/mol. The van der Waals surface area contributed by atoms with Crippen LogP contribution in [-0.2, 0) is 9.59 Å². The number of Topliss-reactive ketones (excluding diaryl/α,β-unsaturated/α-hetero) is 1. The van der Waals surface area contributed by atoms with Gasteiger partial charge in [-0.3, -0.25) is 9.59 Å². The van der Waals surface area contributed by atoms with Crippen LogP contribution in [0.2, 0.25) is 0 Å². The molecule has 0 spiro atoms. The third-order valence-corrected chi connectivity index (χ3v) is 4.04. The van der Waals surface area contributed by atoms with Crippen LogP contribution >= 0.6 is 15.9 Å². The molecule has 1 fully saturated rings. The second-order valence-electron chi connectivity index (χ2n) is 5.05. The number of carbonyl (C=O) groups is 2. The normalized spacial score (nSPS) is 15.6. The van der Waals surface area contributed by atoms with Gasteiger partial charge in [0.1, 0.15) is 16.8 Å². The molecule has 0 heterocycles. The molecule has 0 unspecified atom stereocenters. The fourth-order valence-electron chi connectivity index (χ4n) is 1.66. The molecule has 0 radical (unpaired) electrons. The number of esters is 1. The minimum absolute atomic E-state index is 0.0540. The van der Waals surface area contributed by atoms with Crippen molar-refractivity contribution < 1.29 is 23.5 Å². The van der Waals surface area contributed by atoms with Gasteiger partial charge < -0.3 is 9.47 Å². The van der Waals surface area contributed by atoms with E-state index in [4.69, 9.17) is 9.47 Å². The van der Waals surface area contributed by atoms with Crippen LogP contribution in [0.25, 0.3) is 0 Å². The Morgan fingerprint density at radius 2 is 2.05 bits per heavy atom. The quantitative estimate of drug-likeness (QED) is 0.607. The molecule has 0 N–H and O–H groups in total. The van der Waals surface area contributed by atoms with Crippen molar-refractivity contribution in [3.63, 3.8) is 0 Å². The van der Waals surface area contributed by atoms with Gasteiger partial charge in [-0.25, -0.2) is 4.39 Å². The summed E-state index contributed by atoms with van der Waals surface area (Å²) in [4.78, 5) is 22.8. The van der Waals surface area contributed by atoms with Crippen LogP contribution in [0.4, 0.5) is 4.39 Å². The van der Waals surface area contributed by atoms with Gasteiger partial charge in [-0.2, -0.15) is 0 Å². The van der Waals surface area contributed by atoms with Gasteiger partial charge in [-0.1, -0.05) is 6.92 Å². The van der Waals surface area contributed by atoms with E-state index in [-0.39, 0.29) is 33.8 Å². The summed E-state index contributed by atoms with van der Waals surface area (Å²) in [5, 5.41) is 0. The van der Waals surface area contributed by atoms with Crippen molar-refractivity contribution in [2.24, 2.45) is 5.41 Å². The lowest BCUT2D eigenvalue weighted by atomic mass is 10.1. The Bertz CT molecular complexity index is 567. The molecule has 1 aromatic rings. The van der Waals surface area contributed by atoms with Gasteiger partial charge >= 0.3 is 5.97 Å². The summed E-state index contributed by atoms with van der Waals surface area (Å²) in [5.74, 6) is -1.17. The highest BCUT2D eigenvalue weighted by atomic mass is 79.9. The summed E-state index contributed by atoms with van der Waals surface area (Å²) >= 11 is 3.12. The Hall–Kier alpha value is -1.43. The number of ketones is 1. The van der Waals surface area contributed by atoms with Gasteiger partial charge in [0.15, 0.2) is 17.3 Å². The molecule has 0 amide bonds. The monoisotopic (exact) mass is 344 g/mol. The van der Waals surface area contributed by atoms with Gasteiger partial charge in [0.05, 0.1) is 0 Å². The van der Waals surface area contributed by atoms with Crippen molar-refractivity contribution in [2.45, 2.75) is 26.7 Å². The van der Waals surface area contributed by atoms with Crippen LogP contribution in [0.3, 0.4) is 0 Å². The maximum atomic E-state index is 13.7. The maximum absolute atomic E-state index is 13.7. The molecule has 0 bridgehead atoms. The molecule has 1 aliphatic carbocycles. The van der Waals surface area contributed by atoms with Crippen molar-refractivity contribution in [1.29, 1.82) is 0 Å². The molecule has 108 valence electrons. The summed E-state index contributed by atoms with van der Waals surface area (Å²) < 4.78 is 24.1. The van der Waals surface area contributed by atoms with Crippen LogP contribution in [0, 0.1) is 11.2 Å². The first-order chi connectivity index (χ1) is 9.33. The van der Waals surface area contributed by atoms with Crippen LogP contribution in [0.5, 0.6) is 11.5 Å². The zero-order valence-electron chi connectivity index (χ0n) is 11.2. The van der Waals surface area contributed by atoms with Crippen LogP contribution in [0.15, 0.2) is 16.6 Å². The molecule has 1 aliphatic rings. The van der Waals surface area contributed by atoms with E-state index in [1.54, 1.807) is 0 Å². The molecule has 20 heavy (non-hydrogen) atoms. The summed E-state index contributed by atoms with van der Waals surface area (Å²) in [5.41, 5.74) is -0.323. The van der Waals surface area contributed by atoms with E-state index in [1.165, 1.54) is 13.0 Å². The van der Waals surface area contributed by atoms with Crippen LogP contribution in [0.1, 0.15) is 26.7 Å². The Kier molecular flexibility index (Phi) is 4.13. The molecule has 0 aromatic heterocycles. The average molecular weight is 345 g/mol. The average Bonchev–Trinajstić information content (AvgIpc) is 3.11. The standard InChI is InChI=1S/C14H14BrFO4/c1-8(17)20-10-4-3-9(16)13(12(10)15)19-7-11(18)14(2)5-6-14/h3-4H,5-7H2,1-2H3. The molecule has 6 heteroatoms. The zero-order valence-corrected chi connectivity index (χ0v) is 12.8. The zero-order chi connectivity index (χ0) is 14.9. The largest absolute Gasteiger partial charge is 0.481 e. The lowest BCUT2D eigenvalue weighted by molar-refractivity contribution is -0.132. The van der Waals surface area contributed by atoms with Crippen LogP contribution < -0.4 is 9.47 Å². The third kappa shape index (κ3) is 3.17. The lowest BCUT2D eigenvalue weighted by Gasteiger charge is -2.13. The Morgan fingerprint density at radius 1 is 1.40 bits per heavy atom. The topological polar surface area (TPSA) is 52.6 Å². The lowest BCUT2D eigenvalue weighted by Crippen LogP contribution is -2.20. The van der Waals surface area contributed by atoms with E-state index in [1.807, 2.05) is 6.92 Å². The molecular formula is C14H14BrFO4. The summed E-state index contributed by atoms with van der Waals surface area (Å²) in [7, 11) is 0. The molecule has 0 saturated heterocycles. The van der Waals surface area contributed by atoms with E-state index in [9.17, 15) is 14.0 Å². The van der Waals surface area contributed by atoms with Crippen molar-refractivity contribution in [1.82, 2.24) is 0 Å². The Labute approximate surface area is 124 Å². The van der Waals surface area contributed by atoms with Crippen molar-refractivity contribution in [3.05, 3.63) is 22.4 Å². The number of halogens is 2. The number of carbonyl (C=O) groups excluding carboxylic acids is 2. The first-order valence-corrected chi connectivity index (χ1v) is 6.95. The van der Waals surface area contributed by atoms with Gasteiger partial charge in [0, 0.05) is 12.3 Å². The molecule has 0 atom stereocenters. The first kappa shape index (κ1) is 15.0. The molecule has 4 nitrogen and oxygen atoms in total. The molecule has 1 saturated carbocycles. The number of ether oxygens (including phenoxy) is 2. The van der Waals surface area contributed by atoms with E-state index in [2.05, 4.69) is 15.9 Å². The minimum Gasteiger partial charge on any atom is -0.481 e. The van der Waals surface area contributed by atoms with E-state index < -0.39 is 11.8 Å². The van der Waals surface area contributed by atoms with E-state index >= 15 is 0 Å². The Morgan fingerprint density at radius 3 is 2.60 bits per heavy atom. The van der Waals surface area contributed by atoms with Crippen molar-refractivity contribution in [3.8, 4) is 11.5 Å². The summed E-state index contributed by atoms with van der Waals surface area (Å²) in [6.45, 7) is 2.91. The fourth-order valence-corrected chi connectivity index (χ4v) is 2.18. The SMILES string of the molecule is CC(=O)Oc1ccc(F)c(OCC(=O)C2(C)CC2)c1Br. The van der Waals surface area contributed by atoms with Crippen molar-refractivity contribution >= 4 is 27.7 Å². The van der Waals surface area contributed by atoms with Gasteiger partial charge in [0.25, 0.3) is 0 Å². The second kappa shape index (κ2) is 5.52. The highest BCUT2D eigenvalue weighted by Gasteiger charge is 2.44. The van der Waals surface area contributed by atoms with Gasteiger partial charge in [-0.15, -0.1) is 0 Å². The third-order valence-electron chi connectivity index (χ3n) is 3.29. The fraction of sp³-hybridized carbons (Fsp3) is 0.429. The number of hydrogen-bond acceptors (Lipinski definition) is 4. The first-order valence-electron chi connectivity index (χ1n) is 6.16. The highest BCUT2D eigenvalue weighted by Crippen LogP contribution is 2.46. The smallest absolute Gasteiger partial charge is 0.308 e. The van der Waals surface area contributed by atoms with E-state index in [0.29, 0.717) is 0 Å². The summed E-state index contributed by atoms with van der Waals surface area (Å²) in [6, 6.07) is 2.44. The number of hydrogen-bond donors (Lipinski definition) is 0. The summed E-state index contributed by atoms with van der Waals surface area (Å²) in [6.07, 6.45) is 1.68. The maximum Gasteiger partial charge on any atom is 0.308 e. The van der Waals surface area contributed by atoms with E-state index in [0.717, 1.165) is 18.9 Å². The Balaban J connectivity index is 2.13. The van der Waals surface area contributed by atoms with Gasteiger partial charge in [0.2, 0.25) is 0 Å². The second-order valence-corrected chi connectivity index (χ2v) is 5.85. The predicted octanol–water partition coefficient (Wildman–Crippen LogP) is 3.26. The van der Waals surface area contributed by atoms with Crippen LogP contribution in [-0.4, -0.2) is 18.4 Å². The predicted molar refractivity (Wildman–Crippen MR) is 73.3 cm³/mol. The van der Waals surface area contributed by atoms with Gasteiger partial charge in [-0.05, 0) is 40.9 Å². The minimum atomic E-state index is -0.624. The highest BCUT2D eigenvalue weighted by molar-refractivity contribution is 9.10. The molecule has 0 aliphatic heterocycles.